The van der Waals surface area contributed by atoms with Crippen LogP contribution in [0.25, 0.3) is 0 Å². The quantitative estimate of drug-likeness (QED) is 0.112. The fourth-order valence-corrected chi connectivity index (χ4v) is 5.99. The molecule has 1 fully saturated rings. The summed E-state index contributed by atoms with van der Waals surface area (Å²) in [7, 11) is -3.83. The van der Waals surface area contributed by atoms with Crippen molar-refractivity contribution in [3.63, 3.8) is 0 Å². The number of nitrogens with two attached hydrogens (primary N) is 3. The van der Waals surface area contributed by atoms with Gasteiger partial charge in [0, 0.05) is 25.2 Å². The number of nitrogens with one attached hydrogen (secondary N) is 3. The van der Waals surface area contributed by atoms with Gasteiger partial charge in [0.25, 0.3) is 0 Å². The third-order valence-corrected chi connectivity index (χ3v) is 7.92. The van der Waals surface area contributed by atoms with Gasteiger partial charge >= 0.3 is 0 Å². The normalized spacial score (nSPS) is 17.8. The van der Waals surface area contributed by atoms with E-state index in [0.717, 1.165) is 18.4 Å². The average Bonchev–Trinajstić information content (AvgIpc) is 3.39. The van der Waals surface area contributed by atoms with Crippen molar-refractivity contribution in [1.29, 1.82) is 5.41 Å². The van der Waals surface area contributed by atoms with Crippen molar-refractivity contribution < 1.29 is 18.0 Å². The van der Waals surface area contributed by atoms with Crippen LogP contribution in [0.3, 0.4) is 0 Å². The number of aliphatic imine (C=N–C) groups is 1. The molecule has 3 rings (SSSR count). The van der Waals surface area contributed by atoms with E-state index in [2.05, 4.69) is 15.0 Å². The van der Waals surface area contributed by atoms with E-state index in [1.165, 1.54) is 4.90 Å². The topological polar surface area (TPSA) is 210 Å². The Hall–Kier alpha value is -3.71. The Morgan fingerprint density at radius 1 is 1.15 bits per heavy atom. The van der Waals surface area contributed by atoms with Crippen molar-refractivity contribution in [3.05, 3.63) is 59.2 Å². The molecule has 2 unspecified atom stereocenters. The summed E-state index contributed by atoms with van der Waals surface area (Å²) in [5, 5.41) is 10.3. The number of carbonyl (C=O) groups is 2. The molecule has 2 atom stereocenters. The second-order valence-electron chi connectivity index (χ2n) is 9.66. The lowest BCUT2D eigenvalue weighted by atomic mass is 10.1. The minimum Gasteiger partial charge on any atom is -0.384 e. The van der Waals surface area contributed by atoms with Gasteiger partial charge in [-0.2, -0.15) is 0 Å². The number of guanidine groups is 1. The Labute approximate surface area is 229 Å². The second-order valence-corrected chi connectivity index (χ2v) is 11.4. The molecule has 1 aromatic rings. The molecule has 0 bridgehead atoms. The first-order chi connectivity index (χ1) is 18.6. The van der Waals surface area contributed by atoms with Crippen LogP contribution in [0.15, 0.2) is 53.1 Å². The number of nitrogen functional groups attached to an aromatic ring is 1. The van der Waals surface area contributed by atoms with Gasteiger partial charge in [-0.3, -0.25) is 20.0 Å². The molecule has 1 aromatic carbocycles. The Kier molecular flexibility index (Phi) is 10.6. The predicted molar refractivity (Wildman–Crippen MR) is 151 cm³/mol. The maximum atomic E-state index is 13.6. The highest BCUT2D eigenvalue weighted by Gasteiger charge is 2.38. The van der Waals surface area contributed by atoms with E-state index in [0.29, 0.717) is 36.9 Å². The van der Waals surface area contributed by atoms with Gasteiger partial charge in [-0.25, -0.2) is 13.1 Å². The minimum atomic E-state index is -3.83. The molecule has 1 saturated heterocycles. The van der Waals surface area contributed by atoms with Crippen molar-refractivity contribution in [2.24, 2.45) is 22.2 Å². The van der Waals surface area contributed by atoms with Gasteiger partial charge in [0.2, 0.25) is 21.8 Å². The molecule has 12 nitrogen and oxygen atoms in total. The highest BCUT2D eigenvalue weighted by molar-refractivity contribution is 7.89. The van der Waals surface area contributed by atoms with Crippen molar-refractivity contribution in [3.8, 4) is 0 Å². The number of benzene rings is 1. The summed E-state index contributed by atoms with van der Waals surface area (Å²) < 4.78 is 28.5. The molecule has 0 aromatic heterocycles. The summed E-state index contributed by atoms with van der Waals surface area (Å²) in [6, 6.07) is 5.19. The van der Waals surface area contributed by atoms with Crippen LogP contribution >= 0.6 is 0 Å². The molecule has 1 aliphatic heterocycles. The first-order valence-corrected chi connectivity index (χ1v) is 14.6. The first kappa shape index (κ1) is 29.8. The number of hydrogen-bond donors (Lipinski definition) is 6. The van der Waals surface area contributed by atoms with E-state index in [1.807, 2.05) is 12.2 Å². The number of sulfonamides is 1. The third-order valence-electron chi connectivity index (χ3n) is 6.56. The summed E-state index contributed by atoms with van der Waals surface area (Å²) in [5.41, 5.74) is 18.3. The first-order valence-electron chi connectivity index (χ1n) is 13.0. The van der Waals surface area contributed by atoms with E-state index < -0.39 is 28.0 Å². The van der Waals surface area contributed by atoms with Crippen LogP contribution in [-0.4, -0.2) is 67.9 Å². The lowest BCUT2D eigenvalue weighted by Gasteiger charge is -2.29. The van der Waals surface area contributed by atoms with Crippen LogP contribution in [0.4, 0.5) is 0 Å². The maximum absolute atomic E-state index is 13.6. The van der Waals surface area contributed by atoms with Gasteiger partial charge in [0.1, 0.15) is 17.9 Å². The Morgan fingerprint density at radius 2 is 1.90 bits per heavy atom. The number of carbonyl (C=O) groups excluding carboxylic acids is 2. The van der Waals surface area contributed by atoms with E-state index >= 15 is 0 Å². The van der Waals surface area contributed by atoms with Crippen LogP contribution < -0.4 is 27.2 Å². The van der Waals surface area contributed by atoms with Crippen LogP contribution in [0, 0.1) is 5.41 Å². The molecule has 13 heteroatoms. The molecular weight excluding hydrogens is 520 g/mol. The van der Waals surface area contributed by atoms with E-state index in [9.17, 15) is 18.0 Å². The molecular formula is C26H38N8O4S. The molecule has 0 spiro atoms. The lowest BCUT2D eigenvalue weighted by Crippen LogP contribution is -2.53. The molecule has 0 radical (unpaired) electrons. The summed E-state index contributed by atoms with van der Waals surface area (Å²) in [6.45, 7) is 0.838. The van der Waals surface area contributed by atoms with Gasteiger partial charge < -0.3 is 27.4 Å². The zero-order chi connectivity index (χ0) is 28.4. The van der Waals surface area contributed by atoms with E-state index in [1.54, 1.807) is 30.3 Å². The maximum Gasteiger partial charge on any atom is 0.243 e. The number of nitrogens with zero attached hydrogens (tertiary/aromatic N) is 2. The molecule has 0 saturated carbocycles. The van der Waals surface area contributed by atoms with Crippen LogP contribution in [-0.2, 0) is 26.2 Å². The van der Waals surface area contributed by atoms with Gasteiger partial charge in [0.05, 0.1) is 5.75 Å². The van der Waals surface area contributed by atoms with Crippen molar-refractivity contribution in [1.82, 2.24) is 14.9 Å². The molecule has 39 heavy (non-hydrogen) atoms. The van der Waals surface area contributed by atoms with Gasteiger partial charge in [-0.05, 0) is 49.7 Å². The summed E-state index contributed by atoms with van der Waals surface area (Å²) in [6.07, 6.45) is 8.88. The molecule has 212 valence electrons. The molecule has 2 aliphatic rings. The zero-order valence-corrected chi connectivity index (χ0v) is 22.8. The number of amidine groups is 1. The number of amides is 2. The Balaban J connectivity index is 1.68. The smallest absolute Gasteiger partial charge is 0.243 e. The molecule has 9 N–H and O–H groups in total. The largest absolute Gasteiger partial charge is 0.384 e. The lowest BCUT2D eigenvalue weighted by molar-refractivity contribution is -0.139. The Morgan fingerprint density at radius 3 is 2.54 bits per heavy atom. The van der Waals surface area contributed by atoms with E-state index in [4.69, 9.17) is 22.6 Å². The van der Waals surface area contributed by atoms with E-state index in [-0.39, 0.29) is 43.0 Å². The zero-order valence-electron chi connectivity index (χ0n) is 21.9. The number of allylic oxidation sites excluding steroid dienone is 3. The number of hydrogen-bond acceptors (Lipinski definition) is 6. The standard InChI is InChI=1S/C26H38N8O4S/c27-23(28)20-12-10-18(11-13-20)16-32-24(35)22-9-5-15-34(22)25(36)21(8-4-14-31-26(29)30)33-39(37,38)17-19-6-2-1-3-7-19/h2,6-7,10-13,21-22,33H,1,3-5,8-9,14-17H2,(H3,27,28)(H,32,35)(H4,29,30,31). The molecule has 1 heterocycles. The van der Waals surface area contributed by atoms with Crippen LogP contribution in [0.2, 0.25) is 0 Å². The fraction of sp³-hybridized carbons (Fsp3) is 0.462. The SMILES string of the molecule is N=C(N)c1ccc(CNC(=O)C2CCCN2C(=O)C(CCCN=C(N)N)NS(=O)(=O)CC2=CCCC=C2)cc1. The van der Waals surface area contributed by atoms with Gasteiger partial charge in [-0.15, -0.1) is 0 Å². The Bertz CT molecular complexity index is 1240. The van der Waals surface area contributed by atoms with Crippen molar-refractivity contribution in [2.45, 2.75) is 57.2 Å². The molecule has 2 amide bonds. The minimum absolute atomic E-state index is 0.0406. The highest BCUT2D eigenvalue weighted by Crippen LogP contribution is 2.21. The van der Waals surface area contributed by atoms with Gasteiger partial charge in [0.15, 0.2) is 5.96 Å². The monoisotopic (exact) mass is 558 g/mol. The van der Waals surface area contributed by atoms with Crippen molar-refractivity contribution in [2.75, 3.05) is 18.8 Å². The third kappa shape index (κ3) is 9.21. The van der Waals surface area contributed by atoms with Crippen LogP contribution in [0.5, 0.6) is 0 Å². The number of rotatable bonds is 13. The number of likely N-dealkylation sites (tertiary alicyclic amines) is 1. The summed E-state index contributed by atoms with van der Waals surface area (Å²) in [5.74, 6) is -1.10. The van der Waals surface area contributed by atoms with Crippen LogP contribution in [0.1, 0.15) is 49.7 Å². The predicted octanol–water partition coefficient (Wildman–Crippen LogP) is 0.196. The summed E-state index contributed by atoms with van der Waals surface area (Å²) >= 11 is 0. The highest BCUT2D eigenvalue weighted by atomic mass is 32.2. The van der Waals surface area contributed by atoms with Crippen molar-refractivity contribution >= 4 is 33.6 Å². The average molecular weight is 559 g/mol. The molecule has 1 aliphatic carbocycles. The van der Waals surface area contributed by atoms with Gasteiger partial charge in [-0.1, -0.05) is 42.5 Å². The second kappa shape index (κ2) is 13.9. The fourth-order valence-electron chi connectivity index (χ4n) is 4.60. The summed E-state index contributed by atoms with van der Waals surface area (Å²) in [4.78, 5) is 32.0.